The van der Waals surface area contributed by atoms with Crippen LogP contribution >= 0.6 is 0 Å². The van der Waals surface area contributed by atoms with Crippen molar-refractivity contribution in [3.05, 3.63) is 23.8 Å². The van der Waals surface area contributed by atoms with Crippen molar-refractivity contribution in [1.82, 2.24) is 9.80 Å². The average Bonchev–Trinajstić information content (AvgIpc) is 3.20. The maximum absolute atomic E-state index is 12.6. The number of amides is 3. The molecule has 0 bridgehead atoms. The summed E-state index contributed by atoms with van der Waals surface area (Å²) < 4.78 is 15.1. The maximum atomic E-state index is 12.6. The van der Waals surface area contributed by atoms with E-state index in [-0.39, 0.29) is 24.5 Å². The van der Waals surface area contributed by atoms with Gasteiger partial charge >= 0.3 is 6.09 Å². The molecular weight excluding hydrogens is 316 g/mol. The van der Waals surface area contributed by atoms with Gasteiger partial charge in [-0.2, -0.15) is 0 Å². The second kappa shape index (κ2) is 6.38. The fourth-order valence-electron chi connectivity index (χ4n) is 3.01. The van der Waals surface area contributed by atoms with Crippen LogP contribution in [0.3, 0.4) is 0 Å². The zero-order valence-electron chi connectivity index (χ0n) is 13.5. The number of cyclic esters (lactones) is 1. The van der Waals surface area contributed by atoms with E-state index in [2.05, 4.69) is 0 Å². The van der Waals surface area contributed by atoms with Gasteiger partial charge in [-0.05, 0) is 24.6 Å². The highest BCUT2D eigenvalue weighted by molar-refractivity contribution is 5.99. The van der Waals surface area contributed by atoms with Crippen molar-refractivity contribution < 1.29 is 28.6 Å². The second-order valence-electron chi connectivity index (χ2n) is 5.58. The Kier molecular flexibility index (Phi) is 4.28. The zero-order chi connectivity index (χ0) is 17.3. The Morgan fingerprint density at radius 3 is 2.58 bits per heavy atom. The molecule has 0 aliphatic carbocycles. The van der Waals surface area contributed by atoms with E-state index in [1.807, 2.05) is 0 Å². The van der Waals surface area contributed by atoms with E-state index >= 15 is 0 Å². The van der Waals surface area contributed by atoms with Crippen LogP contribution in [0, 0.1) is 0 Å². The molecular formula is C16H18N2O6. The summed E-state index contributed by atoms with van der Waals surface area (Å²) in [6.07, 6.45) is -0.0923. The minimum absolute atomic E-state index is 0.182. The molecule has 1 unspecified atom stereocenters. The molecule has 2 fully saturated rings. The first kappa shape index (κ1) is 16.1. The molecule has 0 aromatic heterocycles. The van der Waals surface area contributed by atoms with Crippen molar-refractivity contribution in [2.45, 2.75) is 12.5 Å². The van der Waals surface area contributed by atoms with Gasteiger partial charge in [-0.25, -0.2) is 9.69 Å². The number of hydrogen-bond acceptors (Lipinski definition) is 6. The van der Waals surface area contributed by atoms with Gasteiger partial charge in [0.05, 0.1) is 20.3 Å². The molecule has 3 amide bonds. The summed E-state index contributed by atoms with van der Waals surface area (Å²) in [4.78, 5) is 38.7. The van der Waals surface area contributed by atoms with Crippen LogP contribution in [0.4, 0.5) is 4.79 Å². The number of benzene rings is 1. The first-order valence-electron chi connectivity index (χ1n) is 7.55. The molecule has 0 N–H and O–H groups in total. The molecule has 2 aliphatic rings. The topological polar surface area (TPSA) is 85.4 Å². The summed E-state index contributed by atoms with van der Waals surface area (Å²) in [6.45, 7) is 0.544. The minimum atomic E-state index is -0.634. The monoisotopic (exact) mass is 334 g/mol. The van der Waals surface area contributed by atoms with E-state index < -0.39 is 6.09 Å². The molecule has 2 saturated heterocycles. The largest absolute Gasteiger partial charge is 0.493 e. The molecule has 8 heteroatoms. The SMILES string of the molecule is COc1ccc(C(=O)N2CCC(N3C(=O)COC3=O)C2)cc1OC. The lowest BCUT2D eigenvalue weighted by molar-refractivity contribution is -0.127. The highest BCUT2D eigenvalue weighted by Crippen LogP contribution is 2.29. The Hall–Kier alpha value is -2.77. The summed E-state index contributed by atoms with van der Waals surface area (Å²) in [5, 5.41) is 0. The van der Waals surface area contributed by atoms with Crippen LogP contribution in [0.5, 0.6) is 11.5 Å². The molecule has 0 spiro atoms. The van der Waals surface area contributed by atoms with Crippen LogP contribution in [-0.2, 0) is 9.53 Å². The van der Waals surface area contributed by atoms with Crippen molar-refractivity contribution in [2.24, 2.45) is 0 Å². The smallest absolute Gasteiger partial charge is 0.417 e. The third-order valence-electron chi connectivity index (χ3n) is 4.23. The standard InChI is InChI=1S/C16H18N2O6/c1-22-12-4-3-10(7-13(12)23-2)15(20)17-6-5-11(8-17)18-14(19)9-24-16(18)21/h3-4,7,11H,5-6,8-9H2,1-2H3. The minimum Gasteiger partial charge on any atom is -0.493 e. The molecule has 128 valence electrons. The van der Waals surface area contributed by atoms with Crippen molar-refractivity contribution >= 4 is 17.9 Å². The van der Waals surface area contributed by atoms with Crippen LogP contribution in [0.1, 0.15) is 16.8 Å². The Balaban J connectivity index is 1.73. The number of hydrogen-bond donors (Lipinski definition) is 0. The molecule has 1 aromatic carbocycles. The van der Waals surface area contributed by atoms with E-state index in [1.54, 1.807) is 23.1 Å². The van der Waals surface area contributed by atoms with E-state index in [0.717, 1.165) is 4.90 Å². The fourth-order valence-corrected chi connectivity index (χ4v) is 3.01. The second-order valence-corrected chi connectivity index (χ2v) is 5.58. The van der Waals surface area contributed by atoms with Crippen LogP contribution in [0.2, 0.25) is 0 Å². The predicted octanol–water partition coefficient (Wildman–Crippen LogP) is 0.897. The number of ether oxygens (including phenoxy) is 3. The summed E-state index contributed by atoms with van der Waals surface area (Å²) in [7, 11) is 3.03. The van der Waals surface area contributed by atoms with Crippen molar-refractivity contribution in [2.75, 3.05) is 33.9 Å². The summed E-state index contributed by atoms with van der Waals surface area (Å²) in [5.41, 5.74) is 0.462. The van der Waals surface area contributed by atoms with E-state index in [1.165, 1.54) is 14.2 Å². The maximum Gasteiger partial charge on any atom is 0.417 e. The Morgan fingerprint density at radius 2 is 1.96 bits per heavy atom. The Bertz CT molecular complexity index is 673. The van der Waals surface area contributed by atoms with E-state index in [0.29, 0.717) is 36.6 Å². The van der Waals surface area contributed by atoms with Gasteiger partial charge in [0.15, 0.2) is 18.1 Å². The molecule has 8 nitrogen and oxygen atoms in total. The van der Waals surface area contributed by atoms with Gasteiger partial charge in [0.2, 0.25) is 0 Å². The van der Waals surface area contributed by atoms with Crippen LogP contribution in [0.15, 0.2) is 18.2 Å². The van der Waals surface area contributed by atoms with Gasteiger partial charge in [-0.1, -0.05) is 0 Å². The van der Waals surface area contributed by atoms with Crippen molar-refractivity contribution in [1.29, 1.82) is 0 Å². The number of rotatable bonds is 4. The molecule has 1 atom stereocenters. The fraction of sp³-hybridized carbons (Fsp3) is 0.438. The lowest BCUT2D eigenvalue weighted by atomic mass is 10.1. The number of nitrogens with zero attached hydrogens (tertiary/aromatic N) is 2. The first-order valence-corrected chi connectivity index (χ1v) is 7.55. The van der Waals surface area contributed by atoms with Crippen LogP contribution < -0.4 is 9.47 Å². The van der Waals surface area contributed by atoms with E-state index in [4.69, 9.17) is 14.2 Å². The van der Waals surface area contributed by atoms with E-state index in [9.17, 15) is 14.4 Å². The van der Waals surface area contributed by atoms with Gasteiger partial charge in [-0.3, -0.25) is 9.59 Å². The third kappa shape index (κ3) is 2.75. The van der Waals surface area contributed by atoms with Gasteiger partial charge < -0.3 is 19.1 Å². The van der Waals surface area contributed by atoms with Crippen LogP contribution in [-0.4, -0.2) is 67.7 Å². The Morgan fingerprint density at radius 1 is 1.21 bits per heavy atom. The molecule has 1 aromatic rings. The zero-order valence-corrected chi connectivity index (χ0v) is 13.5. The number of methoxy groups -OCH3 is 2. The number of likely N-dealkylation sites (tertiary alicyclic amines) is 1. The quantitative estimate of drug-likeness (QED) is 0.813. The van der Waals surface area contributed by atoms with Gasteiger partial charge in [0.1, 0.15) is 0 Å². The lowest BCUT2D eigenvalue weighted by Gasteiger charge is -2.21. The van der Waals surface area contributed by atoms with Gasteiger partial charge in [0, 0.05) is 18.7 Å². The van der Waals surface area contributed by atoms with Crippen LogP contribution in [0.25, 0.3) is 0 Å². The normalized spacial score (nSPS) is 20.3. The highest BCUT2D eigenvalue weighted by atomic mass is 16.6. The summed E-state index contributed by atoms with van der Waals surface area (Å²) >= 11 is 0. The van der Waals surface area contributed by atoms with Gasteiger partial charge in [-0.15, -0.1) is 0 Å². The van der Waals surface area contributed by atoms with Gasteiger partial charge in [0.25, 0.3) is 11.8 Å². The molecule has 2 heterocycles. The number of carbonyl (C=O) groups excluding carboxylic acids is 3. The predicted molar refractivity (Wildman–Crippen MR) is 82.0 cm³/mol. The summed E-state index contributed by atoms with van der Waals surface area (Å²) in [5.74, 6) is 0.472. The number of carbonyl (C=O) groups is 3. The molecule has 0 saturated carbocycles. The van der Waals surface area contributed by atoms with Crippen molar-refractivity contribution in [3.8, 4) is 11.5 Å². The third-order valence-corrected chi connectivity index (χ3v) is 4.23. The molecule has 2 aliphatic heterocycles. The first-order chi connectivity index (χ1) is 11.5. The molecule has 0 radical (unpaired) electrons. The molecule has 24 heavy (non-hydrogen) atoms. The summed E-state index contributed by atoms with van der Waals surface area (Å²) in [6, 6.07) is 4.61. The van der Waals surface area contributed by atoms with Crippen molar-refractivity contribution in [3.63, 3.8) is 0 Å². The Labute approximate surface area is 138 Å². The number of imide groups is 1. The molecule has 3 rings (SSSR count). The average molecular weight is 334 g/mol. The highest BCUT2D eigenvalue weighted by Gasteiger charge is 2.41. The lowest BCUT2D eigenvalue weighted by Crippen LogP contribution is -2.42.